The van der Waals surface area contributed by atoms with Gasteiger partial charge in [0, 0.05) is 24.8 Å². The summed E-state index contributed by atoms with van der Waals surface area (Å²) in [4.78, 5) is 29.3. The highest BCUT2D eigenvalue weighted by Crippen LogP contribution is 2.21. The maximum absolute atomic E-state index is 13.8. The average molecular weight is 533 g/mol. The smallest absolute Gasteiger partial charge is 0.243 e. The first-order valence-corrected chi connectivity index (χ1v) is 14.6. The zero-order valence-corrected chi connectivity index (χ0v) is 22.9. The Kier molecular flexibility index (Phi) is 10.4. The molecule has 3 aromatic carbocycles. The number of nitrogens with one attached hydrogen (secondary N) is 1. The van der Waals surface area contributed by atoms with Gasteiger partial charge in [-0.3, -0.25) is 9.59 Å². The molecule has 1 saturated carbocycles. The van der Waals surface area contributed by atoms with Crippen LogP contribution < -0.4 is 5.32 Å². The van der Waals surface area contributed by atoms with Gasteiger partial charge in [-0.1, -0.05) is 91.6 Å². The van der Waals surface area contributed by atoms with Crippen LogP contribution in [0.4, 0.5) is 4.39 Å². The van der Waals surface area contributed by atoms with Crippen molar-refractivity contribution in [3.05, 3.63) is 107 Å². The number of hydrogen-bond acceptors (Lipinski definition) is 3. The fourth-order valence-corrected chi connectivity index (χ4v) is 5.78. The largest absolute Gasteiger partial charge is 0.352 e. The summed E-state index contributed by atoms with van der Waals surface area (Å²) in [7, 11) is 0. The van der Waals surface area contributed by atoms with Crippen LogP contribution in [-0.2, 0) is 28.3 Å². The van der Waals surface area contributed by atoms with Gasteiger partial charge in [-0.2, -0.15) is 0 Å². The molecule has 0 spiro atoms. The molecule has 2 amide bonds. The minimum atomic E-state index is -0.612. The molecule has 6 heteroatoms. The van der Waals surface area contributed by atoms with Crippen molar-refractivity contribution in [2.45, 2.75) is 69.8 Å². The normalized spacial score (nSPS) is 14.6. The second-order valence-electron chi connectivity index (χ2n) is 10.2. The van der Waals surface area contributed by atoms with Gasteiger partial charge in [0.25, 0.3) is 0 Å². The van der Waals surface area contributed by atoms with Crippen LogP contribution in [0, 0.1) is 12.7 Å². The van der Waals surface area contributed by atoms with Gasteiger partial charge in [-0.05, 0) is 48.6 Å². The molecule has 0 bridgehead atoms. The Hall–Kier alpha value is -3.12. The first-order valence-electron chi connectivity index (χ1n) is 13.5. The third-order valence-corrected chi connectivity index (χ3v) is 8.09. The summed E-state index contributed by atoms with van der Waals surface area (Å²) in [5, 5.41) is 3.28. The number of carbonyl (C=O) groups is 2. The maximum atomic E-state index is 13.8. The summed E-state index contributed by atoms with van der Waals surface area (Å²) < 4.78 is 13.3. The van der Waals surface area contributed by atoms with Crippen LogP contribution in [0.5, 0.6) is 0 Å². The molecule has 4 nitrogen and oxygen atoms in total. The van der Waals surface area contributed by atoms with E-state index in [1.807, 2.05) is 61.5 Å². The van der Waals surface area contributed by atoms with Crippen LogP contribution >= 0.6 is 11.8 Å². The van der Waals surface area contributed by atoms with Crippen molar-refractivity contribution in [3.8, 4) is 0 Å². The fraction of sp³-hybridized carbons (Fsp3) is 0.375. The van der Waals surface area contributed by atoms with Crippen molar-refractivity contribution in [3.63, 3.8) is 0 Å². The Labute approximate surface area is 230 Å². The molecule has 1 fully saturated rings. The molecular weight excluding hydrogens is 495 g/mol. The van der Waals surface area contributed by atoms with Crippen molar-refractivity contribution in [1.29, 1.82) is 0 Å². The van der Waals surface area contributed by atoms with E-state index in [0.29, 0.717) is 18.7 Å². The van der Waals surface area contributed by atoms with E-state index in [9.17, 15) is 14.0 Å². The van der Waals surface area contributed by atoms with Crippen LogP contribution in [0.3, 0.4) is 0 Å². The van der Waals surface area contributed by atoms with Crippen molar-refractivity contribution in [2.24, 2.45) is 0 Å². The highest BCUT2D eigenvalue weighted by molar-refractivity contribution is 7.99. The number of rotatable bonds is 11. The highest BCUT2D eigenvalue weighted by atomic mass is 32.2. The Morgan fingerprint density at radius 1 is 0.895 bits per heavy atom. The summed E-state index contributed by atoms with van der Waals surface area (Å²) >= 11 is 1.49. The van der Waals surface area contributed by atoms with Crippen molar-refractivity contribution < 1.29 is 14.0 Å². The first-order chi connectivity index (χ1) is 18.5. The topological polar surface area (TPSA) is 49.4 Å². The van der Waals surface area contributed by atoms with Crippen LogP contribution in [0.25, 0.3) is 0 Å². The number of nitrogens with zero attached hydrogens (tertiary/aromatic N) is 1. The van der Waals surface area contributed by atoms with Gasteiger partial charge >= 0.3 is 0 Å². The number of hydrogen-bond donors (Lipinski definition) is 1. The van der Waals surface area contributed by atoms with Gasteiger partial charge in [-0.25, -0.2) is 4.39 Å². The van der Waals surface area contributed by atoms with Gasteiger partial charge in [-0.15, -0.1) is 11.8 Å². The first kappa shape index (κ1) is 27.9. The molecule has 0 aliphatic heterocycles. The molecule has 0 heterocycles. The van der Waals surface area contributed by atoms with E-state index in [4.69, 9.17) is 0 Å². The van der Waals surface area contributed by atoms with Crippen molar-refractivity contribution in [1.82, 2.24) is 10.2 Å². The third kappa shape index (κ3) is 8.45. The van der Waals surface area contributed by atoms with Gasteiger partial charge in [0.15, 0.2) is 0 Å². The number of amides is 2. The Bertz CT molecular complexity index is 1160. The lowest BCUT2D eigenvalue weighted by Gasteiger charge is -2.33. The van der Waals surface area contributed by atoms with Gasteiger partial charge < -0.3 is 10.2 Å². The molecule has 1 aliphatic rings. The fourth-order valence-electron chi connectivity index (χ4n) is 4.91. The number of carbonyl (C=O) groups excluding carboxylic acids is 2. The number of thioether (sulfide) groups is 1. The Morgan fingerprint density at radius 2 is 1.55 bits per heavy atom. The zero-order chi connectivity index (χ0) is 26.7. The maximum Gasteiger partial charge on any atom is 0.243 e. The van der Waals surface area contributed by atoms with Gasteiger partial charge in [0.05, 0.1) is 5.75 Å². The lowest BCUT2D eigenvalue weighted by atomic mass is 9.94. The van der Waals surface area contributed by atoms with Crippen LogP contribution in [0.1, 0.15) is 54.4 Å². The molecule has 1 atom stereocenters. The minimum absolute atomic E-state index is 0.0718. The molecule has 0 saturated heterocycles. The summed E-state index contributed by atoms with van der Waals surface area (Å²) in [6.45, 7) is 2.40. The lowest BCUT2D eigenvalue weighted by molar-refractivity contribution is -0.139. The standard InChI is InChI=1S/C32H37FN2O2S/c1-24-12-14-26(15-13-24)21-35(31(36)23-38-22-27-16-18-28(33)19-17-27)30(20-25-8-4-2-5-9-25)32(37)34-29-10-6-3-7-11-29/h2,4-5,8-9,12-19,29-30H,3,6-7,10-11,20-23H2,1H3,(H,34,37). The quantitative estimate of drug-likeness (QED) is 0.309. The van der Waals surface area contributed by atoms with E-state index in [1.165, 1.54) is 30.3 Å². The molecule has 1 unspecified atom stereocenters. The van der Waals surface area contributed by atoms with E-state index in [0.717, 1.165) is 47.9 Å². The van der Waals surface area contributed by atoms with E-state index in [2.05, 4.69) is 5.32 Å². The molecule has 0 radical (unpaired) electrons. The van der Waals surface area contributed by atoms with Crippen LogP contribution in [0.15, 0.2) is 78.9 Å². The summed E-state index contributed by atoms with van der Waals surface area (Å²) in [5.74, 6) is 0.418. The van der Waals surface area contributed by atoms with E-state index >= 15 is 0 Å². The predicted molar refractivity (Wildman–Crippen MR) is 153 cm³/mol. The second kappa shape index (κ2) is 14.1. The van der Waals surface area contributed by atoms with E-state index in [1.54, 1.807) is 17.0 Å². The average Bonchev–Trinajstić information content (AvgIpc) is 2.94. The van der Waals surface area contributed by atoms with Crippen molar-refractivity contribution >= 4 is 23.6 Å². The monoisotopic (exact) mass is 532 g/mol. The molecule has 0 aromatic heterocycles. The molecule has 4 rings (SSSR count). The summed E-state index contributed by atoms with van der Waals surface area (Å²) in [6, 6.07) is 24.0. The van der Waals surface area contributed by atoms with Gasteiger partial charge in [0.2, 0.25) is 11.8 Å². The molecule has 1 N–H and O–H groups in total. The third-order valence-electron chi connectivity index (χ3n) is 7.10. The number of halogens is 1. The molecule has 1 aliphatic carbocycles. The summed E-state index contributed by atoms with van der Waals surface area (Å²) in [6.07, 6.45) is 5.90. The van der Waals surface area contributed by atoms with Gasteiger partial charge in [0.1, 0.15) is 11.9 Å². The van der Waals surface area contributed by atoms with Crippen LogP contribution in [0.2, 0.25) is 0 Å². The molecule has 38 heavy (non-hydrogen) atoms. The molecule has 3 aromatic rings. The zero-order valence-electron chi connectivity index (χ0n) is 22.1. The minimum Gasteiger partial charge on any atom is -0.352 e. The van der Waals surface area contributed by atoms with Crippen LogP contribution in [-0.4, -0.2) is 34.6 Å². The lowest BCUT2D eigenvalue weighted by Crippen LogP contribution is -2.53. The SMILES string of the molecule is Cc1ccc(CN(C(=O)CSCc2ccc(F)cc2)C(Cc2ccccc2)C(=O)NC2CCCCC2)cc1. The Balaban J connectivity index is 1.55. The van der Waals surface area contributed by atoms with E-state index in [-0.39, 0.29) is 29.4 Å². The second-order valence-corrected chi connectivity index (χ2v) is 11.2. The Morgan fingerprint density at radius 3 is 2.24 bits per heavy atom. The predicted octanol–water partition coefficient (Wildman–Crippen LogP) is 6.46. The number of aryl methyl sites for hydroxylation is 1. The highest BCUT2D eigenvalue weighted by Gasteiger charge is 2.31. The number of benzene rings is 3. The van der Waals surface area contributed by atoms with Crippen molar-refractivity contribution in [2.75, 3.05) is 5.75 Å². The van der Waals surface area contributed by atoms with E-state index < -0.39 is 6.04 Å². The molecule has 200 valence electrons. The molecular formula is C32H37FN2O2S. The summed E-state index contributed by atoms with van der Waals surface area (Å²) in [5.41, 5.74) is 4.13.